The monoisotopic (exact) mass is 588 g/mol. The Morgan fingerprint density at radius 1 is 0.810 bits per heavy atom. The van der Waals surface area contributed by atoms with Crippen molar-refractivity contribution in [2.24, 2.45) is 0 Å². The number of halogens is 2. The Hall–Kier alpha value is -4.83. The number of rotatable bonds is 11. The SMILES string of the molecule is O=C(CCc1ccc(Oc2ccccn2)cc1OCCc1ccc2ccccc2c1)NS(=O)(=O)c1ccc(F)c(F)c1. The van der Waals surface area contributed by atoms with Crippen LogP contribution in [0.1, 0.15) is 17.5 Å². The number of pyridine rings is 1. The molecule has 7 nitrogen and oxygen atoms in total. The normalized spacial score (nSPS) is 11.3. The molecule has 4 aromatic carbocycles. The molecular formula is C32H26F2N2O5S. The summed E-state index contributed by atoms with van der Waals surface area (Å²) in [4.78, 5) is 16.2. The molecule has 0 saturated heterocycles. The number of benzene rings is 4. The molecule has 0 unspecified atom stereocenters. The summed E-state index contributed by atoms with van der Waals surface area (Å²) in [5, 5.41) is 2.28. The molecule has 1 aromatic heterocycles. The van der Waals surface area contributed by atoms with Crippen molar-refractivity contribution in [3.63, 3.8) is 0 Å². The van der Waals surface area contributed by atoms with Crippen LogP contribution in [-0.4, -0.2) is 25.9 Å². The Kier molecular flexibility index (Phi) is 8.73. The van der Waals surface area contributed by atoms with Crippen LogP contribution in [0.15, 0.2) is 108 Å². The Balaban J connectivity index is 1.28. The number of sulfonamides is 1. The van der Waals surface area contributed by atoms with E-state index >= 15 is 0 Å². The first kappa shape index (κ1) is 28.7. The maximum absolute atomic E-state index is 13.5. The quantitative estimate of drug-likeness (QED) is 0.193. The lowest BCUT2D eigenvalue weighted by Gasteiger charge is -2.14. The van der Waals surface area contributed by atoms with Crippen LogP contribution in [0.2, 0.25) is 0 Å². The van der Waals surface area contributed by atoms with Gasteiger partial charge in [-0.3, -0.25) is 4.79 Å². The molecular weight excluding hydrogens is 562 g/mol. The molecule has 1 amide bonds. The fourth-order valence-corrected chi connectivity index (χ4v) is 5.32. The van der Waals surface area contributed by atoms with Gasteiger partial charge in [0.05, 0.1) is 11.5 Å². The first-order chi connectivity index (χ1) is 20.3. The summed E-state index contributed by atoms with van der Waals surface area (Å²) in [7, 11) is -4.38. The van der Waals surface area contributed by atoms with Crippen molar-refractivity contribution in [3.05, 3.63) is 126 Å². The zero-order valence-electron chi connectivity index (χ0n) is 22.3. The highest BCUT2D eigenvalue weighted by molar-refractivity contribution is 7.90. The van der Waals surface area contributed by atoms with Gasteiger partial charge < -0.3 is 9.47 Å². The van der Waals surface area contributed by atoms with Crippen molar-refractivity contribution in [1.82, 2.24) is 9.71 Å². The second kappa shape index (κ2) is 12.8. The number of nitrogens with one attached hydrogen (secondary N) is 1. The van der Waals surface area contributed by atoms with Crippen LogP contribution < -0.4 is 14.2 Å². The van der Waals surface area contributed by atoms with E-state index in [1.165, 1.54) is 0 Å². The number of hydrogen-bond donors (Lipinski definition) is 1. The molecule has 1 N–H and O–H groups in total. The summed E-state index contributed by atoms with van der Waals surface area (Å²) >= 11 is 0. The van der Waals surface area contributed by atoms with Crippen LogP contribution in [0, 0.1) is 11.6 Å². The number of carbonyl (C=O) groups is 1. The van der Waals surface area contributed by atoms with Crippen LogP contribution in [0.5, 0.6) is 17.4 Å². The van der Waals surface area contributed by atoms with Crippen molar-refractivity contribution in [1.29, 1.82) is 0 Å². The minimum Gasteiger partial charge on any atom is -0.493 e. The Bertz CT molecular complexity index is 1830. The molecule has 5 aromatic rings. The molecule has 0 bridgehead atoms. The third kappa shape index (κ3) is 7.27. The maximum Gasteiger partial charge on any atom is 0.264 e. The van der Waals surface area contributed by atoms with E-state index in [4.69, 9.17) is 9.47 Å². The number of fused-ring (bicyclic) bond motifs is 1. The summed E-state index contributed by atoms with van der Waals surface area (Å²) < 4.78 is 65.6. The van der Waals surface area contributed by atoms with E-state index in [2.05, 4.69) is 17.1 Å². The summed E-state index contributed by atoms with van der Waals surface area (Å²) in [5.74, 6) is -1.98. The average molecular weight is 589 g/mol. The minimum absolute atomic E-state index is 0.147. The van der Waals surface area contributed by atoms with Gasteiger partial charge in [0.1, 0.15) is 11.5 Å². The van der Waals surface area contributed by atoms with Gasteiger partial charge >= 0.3 is 0 Å². The maximum atomic E-state index is 13.5. The predicted molar refractivity (Wildman–Crippen MR) is 154 cm³/mol. The average Bonchev–Trinajstić information content (AvgIpc) is 2.98. The topological polar surface area (TPSA) is 94.6 Å². The molecule has 0 aliphatic rings. The van der Waals surface area contributed by atoms with Gasteiger partial charge in [-0.25, -0.2) is 26.9 Å². The summed E-state index contributed by atoms with van der Waals surface area (Å²) in [6.45, 7) is 0.342. The van der Waals surface area contributed by atoms with Crippen LogP contribution in [0.25, 0.3) is 10.8 Å². The highest BCUT2D eigenvalue weighted by Gasteiger charge is 2.20. The highest BCUT2D eigenvalue weighted by atomic mass is 32.2. The van der Waals surface area contributed by atoms with E-state index in [0.29, 0.717) is 48.1 Å². The molecule has 0 aliphatic heterocycles. The standard InChI is InChI=1S/C32H26F2N2O5S/c33-28-14-13-27(21-29(28)34)42(38,39)36-31(37)15-11-24-10-12-26(41-32-7-3-4-17-35-32)20-30(24)40-18-16-22-8-9-23-5-1-2-6-25(23)19-22/h1-10,12-14,17,19-21H,11,15-16,18H2,(H,36,37). The van der Waals surface area contributed by atoms with Crippen molar-refractivity contribution >= 4 is 26.7 Å². The summed E-state index contributed by atoms with van der Waals surface area (Å²) in [6.07, 6.45) is 2.18. The molecule has 1 heterocycles. The largest absolute Gasteiger partial charge is 0.493 e. The molecule has 0 spiro atoms. The second-order valence-electron chi connectivity index (χ2n) is 9.42. The van der Waals surface area contributed by atoms with E-state index in [-0.39, 0.29) is 12.8 Å². The Morgan fingerprint density at radius 3 is 2.40 bits per heavy atom. The molecule has 5 rings (SSSR count). The van der Waals surface area contributed by atoms with Crippen molar-refractivity contribution < 1.29 is 31.5 Å². The first-order valence-electron chi connectivity index (χ1n) is 13.1. The number of hydrogen-bond acceptors (Lipinski definition) is 6. The van der Waals surface area contributed by atoms with Gasteiger partial charge in [-0.2, -0.15) is 0 Å². The molecule has 0 radical (unpaired) electrons. The zero-order chi connectivity index (χ0) is 29.5. The summed E-state index contributed by atoms with van der Waals surface area (Å²) in [6, 6.07) is 26.8. The lowest BCUT2D eigenvalue weighted by Crippen LogP contribution is -2.30. The molecule has 10 heteroatoms. The van der Waals surface area contributed by atoms with Gasteiger partial charge in [-0.15, -0.1) is 0 Å². The molecule has 0 aliphatic carbocycles. The zero-order valence-corrected chi connectivity index (χ0v) is 23.1. The minimum atomic E-state index is -4.38. The van der Waals surface area contributed by atoms with Crippen LogP contribution in [-0.2, 0) is 27.7 Å². The van der Waals surface area contributed by atoms with Gasteiger partial charge in [-0.1, -0.05) is 54.6 Å². The van der Waals surface area contributed by atoms with Crippen LogP contribution in [0.4, 0.5) is 8.78 Å². The molecule has 214 valence electrons. The number of carbonyl (C=O) groups excluding carboxylic acids is 1. The number of aromatic nitrogens is 1. The lowest BCUT2D eigenvalue weighted by atomic mass is 10.1. The van der Waals surface area contributed by atoms with Gasteiger partial charge in [0, 0.05) is 31.2 Å². The van der Waals surface area contributed by atoms with E-state index < -0.39 is 32.5 Å². The van der Waals surface area contributed by atoms with Gasteiger partial charge in [0.25, 0.3) is 10.0 Å². The van der Waals surface area contributed by atoms with Gasteiger partial charge in [0.15, 0.2) is 11.6 Å². The fourth-order valence-electron chi connectivity index (χ4n) is 4.29. The number of ether oxygens (including phenoxy) is 2. The molecule has 0 atom stereocenters. The summed E-state index contributed by atoms with van der Waals surface area (Å²) in [5.41, 5.74) is 1.75. The smallest absolute Gasteiger partial charge is 0.264 e. The van der Waals surface area contributed by atoms with Crippen LogP contribution in [0.3, 0.4) is 0 Å². The van der Waals surface area contributed by atoms with Crippen molar-refractivity contribution in [2.45, 2.75) is 24.2 Å². The van der Waals surface area contributed by atoms with E-state index in [1.54, 1.807) is 42.6 Å². The first-order valence-corrected chi connectivity index (χ1v) is 14.6. The third-order valence-corrected chi connectivity index (χ3v) is 7.80. The van der Waals surface area contributed by atoms with Crippen LogP contribution >= 0.6 is 0 Å². The van der Waals surface area contributed by atoms with Gasteiger partial charge in [-0.05, 0) is 58.7 Å². The van der Waals surface area contributed by atoms with E-state index in [9.17, 15) is 22.0 Å². The number of amides is 1. The number of nitrogens with zero attached hydrogens (tertiary/aromatic N) is 1. The Morgan fingerprint density at radius 2 is 1.62 bits per heavy atom. The highest BCUT2D eigenvalue weighted by Crippen LogP contribution is 2.29. The second-order valence-corrected chi connectivity index (χ2v) is 11.1. The Labute approximate surface area is 241 Å². The number of aryl methyl sites for hydroxylation is 1. The fraction of sp³-hybridized carbons (Fsp3) is 0.125. The molecule has 0 fully saturated rings. The lowest BCUT2D eigenvalue weighted by molar-refractivity contribution is -0.119. The van der Waals surface area contributed by atoms with Gasteiger partial charge in [0.2, 0.25) is 11.8 Å². The van der Waals surface area contributed by atoms with Crippen molar-refractivity contribution in [2.75, 3.05) is 6.61 Å². The van der Waals surface area contributed by atoms with E-state index in [0.717, 1.165) is 22.4 Å². The third-order valence-electron chi connectivity index (χ3n) is 6.43. The predicted octanol–water partition coefficient (Wildman–Crippen LogP) is 6.36. The molecule has 42 heavy (non-hydrogen) atoms. The molecule has 0 saturated carbocycles. The van der Waals surface area contributed by atoms with Crippen molar-refractivity contribution in [3.8, 4) is 17.4 Å². The van der Waals surface area contributed by atoms with E-state index in [1.807, 2.05) is 35.1 Å².